The lowest BCUT2D eigenvalue weighted by Gasteiger charge is -2.41. The van der Waals surface area contributed by atoms with Crippen LogP contribution in [-0.2, 0) is 16.9 Å². The van der Waals surface area contributed by atoms with E-state index in [-0.39, 0.29) is 41.2 Å². The highest BCUT2D eigenvalue weighted by molar-refractivity contribution is 8.15. The molecule has 1 fully saturated rings. The molecule has 0 saturated carbocycles. The number of benzene rings is 1. The number of anilines is 2. The van der Waals surface area contributed by atoms with Crippen LogP contribution in [0, 0.1) is 11.6 Å². The predicted molar refractivity (Wildman–Crippen MR) is 153 cm³/mol. The molecule has 218 valence electrons. The van der Waals surface area contributed by atoms with Gasteiger partial charge < -0.3 is 25.1 Å². The quantitative estimate of drug-likeness (QED) is 0.310. The Morgan fingerprint density at radius 2 is 1.98 bits per heavy atom. The molecule has 1 amide bonds. The van der Waals surface area contributed by atoms with Gasteiger partial charge in [-0.1, -0.05) is 11.8 Å². The fourth-order valence-electron chi connectivity index (χ4n) is 5.51. The summed E-state index contributed by atoms with van der Waals surface area (Å²) in [7, 11) is 0. The van der Waals surface area contributed by atoms with Crippen molar-refractivity contribution in [2.75, 3.05) is 18.4 Å². The van der Waals surface area contributed by atoms with E-state index in [0.717, 1.165) is 30.7 Å². The number of pyridine rings is 1. The van der Waals surface area contributed by atoms with E-state index in [1.54, 1.807) is 24.8 Å². The highest BCUT2D eigenvalue weighted by Crippen LogP contribution is 2.47. The monoisotopic (exact) mass is 594 g/mol. The van der Waals surface area contributed by atoms with Crippen molar-refractivity contribution in [1.29, 1.82) is 0 Å². The summed E-state index contributed by atoms with van der Waals surface area (Å²) >= 11 is 1.16. The van der Waals surface area contributed by atoms with E-state index >= 15 is 8.78 Å². The van der Waals surface area contributed by atoms with Gasteiger partial charge >= 0.3 is 0 Å². The molecule has 5 heterocycles. The number of amides is 1. The van der Waals surface area contributed by atoms with E-state index in [4.69, 9.17) is 14.9 Å². The summed E-state index contributed by atoms with van der Waals surface area (Å²) < 4.78 is 40.4. The molecule has 1 aromatic carbocycles. The lowest BCUT2D eigenvalue weighted by atomic mass is 9.82. The van der Waals surface area contributed by atoms with Crippen molar-refractivity contribution in [2.24, 2.45) is 10.7 Å². The largest absolute Gasteiger partial charge is 0.482 e. The lowest BCUT2D eigenvalue weighted by molar-refractivity contribution is -0.132. The van der Waals surface area contributed by atoms with Crippen LogP contribution in [0.2, 0.25) is 0 Å². The molecule has 2 atom stereocenters. The zero-order valence-electron chi connectivity index (χ0n) is 22.9. The zero-order chi connectivity index (χ0) is 29.5. The summed E-state index contributed by atoms with van der Waals surface area (Å²) in [5.41, 5.74) is 5.94. The maximum atomic E-state index is 15.4. The van der Waals surface area contributed by atoms with Gasteiger partial charge in [0.25, 0.3) is 0 Å². The van der Waals surface area contributed by atoms with Crippen LogP contribution in [0.5, 0.6) is 5.75 Å². The van der Waals surface area contributed by atoms with Crippen LogP contribution in [0.1, 0.15) is 44.6 Å². The van der Waals surface area contributed by atoms with Crippen LogP contribution in [0.25, 0.3) is 11.0 Å². The number of carbonyl (C=O) groups excluding carboxylic acids is 1. The second-order valence-corrected chi connectivity index (χ2v) is 12.2. The SMILES string of the molecule is C[C@]1(C(=O)N2CCCC2)C[C@@](C)(c2cc(Nc3ncnc4cc(OCc5ncco5)cnc34)cc(F)c2F)N=C(N)S1. The summed E-state index contributed by atoms with van der Waals surface area (Å²) in [5.74, 6) is -1.09. The average molecular weight is 595 g/mol. The van der Waals surface area contributed by atoms with Crippen molar-refractivity contribution >= 4 is 45.4 Å². The number of nitrogens with zero attached hydrogens (tertiary/aromatic N) is 6. The Morgan fingerprint density at radius 1 is 1.17 bits per heavy atom. The number of ether oxygens (including phenoxy) is 1. The van der Waals surface area contributed by atoms with Crippen LogP contribution in [-0.4, -0.2) is 53.7 Å². The number of hydrogen-bond donors (Lipinski definition) is 2. The van der Waals surface area contributed by atoms with E-state index in [1.807, 2.05) is 0 Å². The summed E-state index contributed by atoms with van der Waals surface area (Å²) in [4.78, 5) is 36.8. The minimum absolute atomic E-state index is 0.0257. The van der Waals surface area contributed by atoms with Crippen molar-refractivity contribution in [1.82, 2.24) is 24.8 Å². The first-order valence-corrected chi connectivity index (χ1v) is 14.2. The van der Waals surface area contributed by atoms with Crippen LogP contribution >= 0.6 is 11.8 Å². The normalized spacial score (nSPS) is 22.3. The number of aliphatic imine (C=N–C) groups is 1. The molecule has 4 aromatic rings. The molecule has 3 N–H and O–H groups in total. The van der Waals surface area contributed by atoms with Crippen LogP contribution < -0.4 is 15.8 Å². The zero-order valence-corrected chi connectivity index (χ0v) is 23.8. The number of aromatic nitrogens is 4. The maximum Gasteiger partial charge on any atom is 0.239 e. The highest BCUT2D eigenvalue weighted by Gasteiger charge is 2.49. The lowest BCUT2D eigenvalue weighted by Crippen LogP contribution is -2.51. The van der Waals surface area contributed by atoms with Gasteiger partial charge in [-0.15, -0.1) is 0 Å². The number of fused-ring (bicyclic) bond motifs is 1. The molecule has 0 unspecified atom stereocenters. The molecule has 42 heavy (non-hydrogen) atoms. The van der Waals surface area contributed by atoms with Gasteiger partial charge in [0.1, 0.15) is 28.6 Å². The standard InChI is InChI=1S/C28H28F2N8O3S/c1-27(14-28(2,42-26(31)37-27)25(39)38-6-3-4-7-38)18-9-16(10-19(29)22(18)30)36-24-23-20(34-15-35-24)11-17(12-33-23)41-13-21-32-5-8-40-21/h5,8-12,15H,3-4,6-7,13-14H2,1-2H3,(H2,31,37)(H,34,35,36)/t27-,28+/m0/s1. The maximum absolute atomic E-state index is 15.4. The molecule has 0 bridgehead atoms. The summed E-state index contributed by atoms with van der Waals surface area (Å²) in [6.45, 7) is 4.90. The molecule has 1 saturated heterocycles. The van der Waals surface area contributed by atoms with Gasteiger partial charge in [-0.25, -0.2) is 28.7 Å². The highest BCUT2D eigenvalue weighted by atomic mass is 32.2. The fraction of sp³-hybridized carbons (Fsp3) is 0.357. The molecule has 0 aliphatic carbocycles. The first-order valence-electron chi connectivity index (χ1n) is 13.4. The second kappa shape index (κ2) is 10.8. The molecule has 3 aromatic heterocycles. The van der Waals surface area contributed by atoms with E-state index < -0.39 is 21.9 Å². The molecule has 2 aliphatic rings. The Labute approximate surface area is 244 Å². The Morgan fingerprint density at radius 3 is 2.74 bits per heavy atom. The fourth-order valence-corrected chi connectivity index (χ4v) is 6.79. The van der Waals surface area contributed by atoms with E-state index in [9.17, 15) is 4.79 Å². The first kappa shape index (κ1) is 27.8. The summed E-state index contributed by atoms with van der Waals surface area (Å²) in [5, 5.41) is 3.18. The number of rotatable bonds is 7. The molecule has 6 rings (SSSR count). The van der Waals surface area contributed by atoms with E-state index in [2.05, 4.69) is 30.2 Å². The Balaban J connectivity index is 1.29. The third-order valence-electron chi connectivity index (χ3n) is 7.38. The average Bonchev–Trinajstić information content (AvgIpc) is 3.68. The molecule has 14 heteroatoms. The number of halogens is 2. The van der Waals surface area contributed by atoms with Gasteiger partial charge in [0, 0.05) is 42.9 Å². The van der Waals surface area contributed by atoms with Crippen LogP contribution in [0.15, 0.2) is 52.6 Å². The number of hydrogen-bond acceptors (Lipinski definition) is 11. The summed E-state index contributed by atoms with van der Waals surface area (Å²) in [6, 6.07) is 4.17. The van der Waals surface area contributed by atoms with Crippen LogP contribution in [0.3, 0.4) is 0 Å². The van der Waals surface area contributed by atoms with E-state index in [0.29, 0.717) is 35.8 Å². The Hall–Kier alpha value is -4.33. The van der Waals surface area contributed by atoms with E-state index in [1.165, 1.54) is 31.1 Å². The Kier molecular flexibility index (Phi) is 7.17. The number of likely N-dealkylation sites (tertiary alicyclic amines) is 1. The first-order chi connectivity index (χ1) is 20.1. The van der Waals surface area contributed by atoms with Crippen molar-refractivity contribution in [3.8, 4) is 5.75 Å². The molecular weight excluding hydrogens is 566 g/mol. The van der Waals surface area contributed by atoms with Gasteiger partial charge in [-0.05, 0) is 32.8 Å². The van der Waals surface area contributed by atoms with Gasteiger partial charge in [0.05, 0.1) is 23.4 Å². The van der Waals surface area contributed by atoms with Gasteiger partial charge in [-0.3, -0.25) is 9.79 Å². The molecule has 0 radical (unpaired) electrons. The summed E-state index contributed by atoms with van der Waals surface area (Å²) in [6.07, 6.45) is 7.79. The number of thioether (sulfide) groups is 1. The Bertz CT molecular complexity index is 1680. The molecular formula is C28H28F2N8O3S. The molecule has 11 nitrogen and oxygen atoms in total. The van der Waals surface area contributed by atoms with Crippen molar-refractivity contribution in [3.63, 3.8) is 0 Å². The van der Waals surface area contributed by atoms with Gasteiger partial charge in [-0.2, -0.15) is 0 Å². The number of nitrogens with two attached hydrogens (primary N) is 1. The number of carbonyl (C=O) groups is 1. The van der Waals surface area contributed by atoms with Crippen molar-refractivity contribution in [2.45, 2.75) is 50.0 Å². The number of amidine groups is 1. The minimum atomic E-state index is -1.30. The third kappa shape index (κ3) is 5.33. The minimum Gasteiger partial charge on any atom is -0.482 e. The number of nitrogens with one attached hydrogen (secondary N) is 1. The van der Waals surface area contributed by atoms with Crippen molar-refractivity contribution < 1.29 is 22.7 Å². The number of oxazole rings is 1. The van der Waals surface area contributed by atoms with Crippen LogP contribution in [0.4, 0.5) is 20.3 Å². The van der Waals surface area contributed by atoms with Crippen molar-refractivity contribution in [3.05, 3.63) is 66.3 Å². The predicted octanol–water partition coefficient (Wildman–Crippen LogP) is 4.66. The van der Waals surface area contributed by atoms with Gasteiger partial charge in [0.15, 0.2) is 29.2 Å². The van der Waals surface area contributed by atoms with Gasteiger partial charge in [0.2, 0.25) is 11.8 Å². The second-order valence-electron chi connectivity index (χ2n) is 10.7. The third-order valence-corrected chi connectivity index (χ3v) is 8.45. The smallest absolute Gasteiger partial charge is 0.239 e. The topological polar surface area (TPSA) is 145 Å². The molecule has 2 aliphatic heterocycles. The molecule has 0 spiro atoms.